The van der Waals surface area contributed by atoms with Crippen LogP contribution in [0.1, 0.15) is 11.6 Å². The average Bonchev–Trinajstić information content (AvgIpc) is 3.31. The van der Waals surface area contributed by atoms with Crippen LogP contribution in [0.15, 0.2) is 84.9 Å². The van der Waals surface area contributed by atoms with Gasteiger partial charge in [-0.2, -0.15) is 0 Å². The zero-order chi connectivity index (χ0) is 20.7. The fourth-order valence-corrected chi connectivity index (χ4v) is 4.19. The number of hydroxylamine groups is 1. The molecule has 0 aliphatic carbocycles. The first-order valence-corrected chi connectivity index (χ1v) is 9.77. The highest BCUT2D eigenvalue weighted by atomic mass is 16.7. The van der Waals surface area contributed by atoms with Gasteiger partial charge in [0.2, 0.25) is 5.91 Å². The summed E-state index contributed by atoms with van der Waals surface area (Å²) in [6, 6.07) is 25.7. The Morgan fingerprint density at radius 2 is 1.40 bits per heavy atom. The minimum atomic E-state index is -0.870. The maximum absolute atomic E-state index is 13.5. The summed E-state index contributed by atoms with van der Waals surface area (Å²) in [5.74, 6) is -0.592. The normalized spacial score (nSPS) is 23.0. The average molecular weight is 400 g/mol. The quantitative estimate of drug-likeness (QED) is 0.625. The molecule has 3 atom stereocenters. The summed E-state index contributed by atoms with van der Waals surface area (Å²) < 4.78 is 5.18. The largest absolute Gasteiger partial charge is 0.497 e. The number of carbonyl (C=O) groups is 2. The molecule has 2 saturated heterocycles. The van der Waals surface area contributed by atoms with Crippen molar-refractivity contribution in [3.63, 3.8) is 0 Å². The van der Waals surface area contributed by atoms with E-state index in [2.05, 4.69) is 0 Å². The highest BCUT2D eigenvalue weighted by molar-refractivity contribution is 6.23. The first-order valence-electron chi connectivity index (χ1n) is 9.77. The van der Waals surface area contributed by atoms with E-state index >= 15 is 0 Å². The number of benzene rings is 3. The zero-order valence-corrected chi connectivity index (χ0v) is 16.3. The molecule has 0 unspecified atom stereocenters. The van der Waals surface area contributed by atoms with E-state index in [0.717, 1.165) is 11.3 Å². The Bertz CT molecular complexity index is 1070. The first-order chi connectivity index (χ1) is 14.7. The maximum Gasteiger partial charge on any atom is 0.266 e. The van der Waals surface area contributed by atoms with Gasteiger partial charge in [-0.05, 0) is 42.0 Å². The number of methoxy groups -OCH3 is 1. The third-order valence-electron chi connectivity index (χ3n) is 5.60. The monoisotopic (exact) mass is 400 g/mol. The van der Waals surface area contributed by atoms with E-state index in [1.165, 1.54) is 4.90 Å². The van der Waals surface area contributed by atoms with Crippen LogP contribution in [0.5, 0.6) is 5.75 Å². The van der Waals surface area contributed by atoms with Gasteiger partial charge in [0.05, 0.1) is 24.5 Å². The number of rotatable bonds is 4. The third kappa shape index (κ3) is 2.84. The molecule has 3 aromatic rings. The van der Waals surface area contributed by atoms with Crippen molar-refractivity contribution in [2.24, 2.45) is 5.92 Å². The molecule has 0 spiro atoms. The van der Waals surface area contributed by atoms with Crippen molar-refractivity contribution >= 4 is 23.2 Å². The van der Waals surface area contributed by atoms with Gasteiger partial charge < -0.3 is 4.74 Å². The van der Waals surface area contributed by atoms with Gasteiger partial charge in [0, 0.05) is 0 Å². The van der Waals surface area contributed by atoms with Gasteiger partial charge in [-0.25, -0.2) is 9.96 Å². The van der Waals surface area contributed by atoms with Gasteiger partial charge in [0.1, 0.15) is 11.7 Å². The lowest BCUT2D eigenvalue weighted by molar-refractivity contribution is -0.126. The van der Waals surface area contributed by atoms with Crippen molar-refractivity contribution in [3.05, 3.63) is 90.5 Å². The molecule has 2 amide bonds. The number of imide groups is 1. The third-order valence-corrected chi connectivity index (χ3v) is 5.60. The summed E-state index contributed by atoms with van der Waals surface area (Å²) in [7, 11) is 1.57. The summed E-state index contributed by atoms with van der Waals surface area (Å²) in [4.78, 5) is 34.1. The number of para-hydroxylation sites is 1. The molecule has 2 aliphatic rings. The van der Waals surface area contributed by atoms with E-state index in [4.69, 9.17) is 9.57 Å². The van der Waals surface area contributed by atoms with Crippen molar-refractivity contribution in [2.75, 3.05) is 17.1 Å². The molecule has 2 fully saturated rings. The Kier molecular flexibility index (Phi) is 4.48. The number of hydrogen-bond donors (Lipinski definition) is 0. The van der Waals surface area contributed by atoms with Crippen LogP contribution in [-0.2, 0) is 14.4 Å². The number of amides is 2. The van der Waals surface area contributed by atoms with Gasteiger partial charge in [-0.1, -0.05) is 48.5 Å². The van der Waals surface area contributed by atoms with Crippen LogP contribution in [0.2, 0.25) is 0 Å². The second kappa shape index (κ2) is 7.31. The molecule has 0 bridgehead atoms. The molecule has 3 aromatic carbocycles. The summed E-state index contributed by atoms with van der Waals surface area (Å²) >= 11 is 0. The number of anilines is 2. The standard InChI is InChI=1S/C24H20N2O4/c1-29-19-14-12-17(13-15-19)25-23(27)20-21(16-8-4-2-5-9-16)26(30-22(20)24(25)28)18-10-6-3-7-11-18/h2-15,20-22H,1H3/t20-,21-,22+/m1/s1. The molecule has 2 heterocycles. The zero-order valence-electron chi connectivity index (χ0n) is 16.3. The molecular formula is C24H20N2O4. The van der Waals surface area contributed by atoms with E-state index in [-0.39, 0.29) is 11.8 Å². The van der Waals surface area contributed by atoms with Gasteiger partial charge in [-0.15, -0.1) is 0 Å². The Morgan fingerprint density at radius 3 is 2.03 bits per heavy atom. The molecule has 0 aromatic heterocycles. The van der Waals surface area contributed by atoms with Crippen molar-refractivity contribution in [3.8, 4) is 5.75 Å². The summed E-state index contributed by atoms with van der Waals surface area (Å²) in [5, 5.41) is 1.70. The van der Waals surface area contributed by atoms with E-state index in [1.807, 2.05) is 60.7 Å². The van der Waals surface area contributed by atoms with E-state index in [0.29, 0.717) is 11.4 Å². The van der Waals surface area contributed by atoms with Gasteiger partial charge in [-0.3, -0.25) is 14.4 Å². The van der Waals surface area contributed by atoms with Crippen molar-refractivity contribution < 1.29 is 19.2 Å². The van der Waals surface area contributed by atoms with Crippen molar-refractivity contribution in [1.29, 1.82) is 0 Å². The second-order valence-electron chi connectivity index (χ2n) is 7.28. The summed E-state index contributed by atoms with van der Waals surface area (Å²) in [5.41, 5.74) is 2.24. The van der Waals surface area contributed by atoms with Gasteiger partial charge in [0.25, 0.3) is 5.91 Å². The van der Waals surface area contributed by atoms with Crippen LogP contribution in [0.4, 0.5) is 11.4 Å². The second-order valence-corrected chi connectivity index (χ2v) is 7.28. The van der Waals surface area contributed by atoms with Crippen LogP contribution < -0.4 is 14.7 Å². The molecule has 6 heteroatoms. The number of carbonyl (C=O) groups excluding carboxylic acids is 2. The Morgan fingerprint density at radius 1 is 0.767 bits per heavy atom. The van der Waals surface area contributed by atoms with E-state index < -0.39 is 18.1 Å². The first kappa shape index (κ1) is 18.4. The molecule has 0 saturated carbocycles. The fourth-order valence-electron chi connectivity index (χ4n) is 4.19. The lowest BCUT2D eigenvalue weighted by Crippen LogP contribution is -2.37. The van der Waals surface area contributed by atoms with Crippen molar-refractivity contribution in [2.45, 2.75) is 12.1 Å². The topological polar surface area (TPSA) is 59.1 Å². The Hall–Kier alpha value is -3.64. The predicted molar refractivity (Wildman–Crippen MR) is 112 cm³/mol. The molecular weight excluding hydrogens is 380 g/mol. The summed E-state index contributed by atoms with van der Waals surface area (Å²) in [6.45, 7) is 0. The molecule has 0 N–H and O–H groups in total. The molecule has 30 heavy (non-hydrogen) atoms. The van der Waals surface area contributed by atoms with Crippen LogP contribution in [0.3, 0.4) is 0 Å². The molecule has 150 valence electrons. The van der Waals surface area contributed by atoms with Crippen LogP contribution in [-0.4, -0.2) is 25.0 Å². The number of nitrogens with zero attached hydrogens (tertiary/aromatic N) is 2. The maximum atomic E-state index is 13.5. The molecule has 2 aliphatic heterocycles. The van der Waals surface area contributed by atoms with Gasteiger partial charge >= 0.3 is 0 Å². The molecule has 5 rings (SSSR count). The van der Waals surface area contributed by atoms with E-state index in [9.17, 15) is 9.59 Å². The van der Waals surface area contributed by atoms with Gasteiger partial charge in [0.15, 0.2) is 6.10 Å². The highest BCUT2D eigenvalue weighted by Gasteiger charge is 2.60. The highest BCUT2D eigenvalue weighted by Crippen LogP contribution is 2.47. The van der Waals surface area contributed by atoms with Crippen molar-refractivity contribution in [1.82, 2.24) is 0 Å². The number of hydrogen-bond acceptors (Lipinski definition) is 5. The lowest BCUT2D eigenvalue weighted by atomic mass is 9.90. The number of ether oxygens (including phenoxy) is 1. The van der Waals surface area contributed by atoms with Crippen LogP contribution in [0.25, 0.3) is 0 Å². The lowest BCUT2D eigenvalue weighted by Gasteiger charge is -2.28. The fraction of sp³-hybridized carbons (Fsp3) is 0.167. The molecule has 6 nitrogen and oxygen atoms in total. The van der Waals surface area contributed by atoms with E-state index in [1.54, 1.807) is 36.4 Å². The summed E-state index contributed by atoms with van der Waals surface area (Å²) in [6.07, 6.45) is -0.870. The Labute approximate surface area is 174 Å². The SMILES string of the molecule is COc1ccc(N2C(=O)[C@H]3[C@H](ON(c4ccccc4)[C@@H]3c3ccccc3)C2=O)cc1. The van der Waals surface area contributed by atoms with Crippen LogP contribution >= 0.6 is 0 Å². The molecule has 0 radical (unpaired) electrons. The predicted octanol–water partition coefficient (Wildman–Crippen LogP) is 3.75. The number of fused-ring (bicyclic) bond motifs is 1. The Balaban J connectivity index is 1.55. The van der Waals surface area contributed by atoms with Crippen LogP contribution in [0, 0.1) is 5.92 Å². The smallest absolute Gasteiger partial charge is 0.266 e. The minimum absolute atomic E-state index is 0.262. The minimum Gasteiger partial charge on any atom is -0.497 e.